The Morgan fingerprint density at radius 3 is 2.85 bits per heavy atom. The molecule has 4 rings (SSSR count). The first-order valence-electron chi connectivity index (χ1n) is 8.98. The van der Waals surface area contributed by atoms with E-state index < -0.39 is 0 Å². The van der Waals surface area contributed by atoms with Gasteiger partial charge in [0.25, 0.3) is 5.56 Å². The van der Waals surface area contributed by atoms with E-state index in [-0.39, 0.29) is 18.0 Å². The fraction of sp³-hybridized carbons (Fsp3) is 0.350. The molecule has 0 bridgehead atoms. The number of benzene rings is 1. The Morgan fingerprint density at radius 1 is 1.15 bits per heavy atom. The number of hydrogen-bond donors (Lipinski definition) is 0. The van der Waals surface area contributed by atoms with Gasteiger partial charge in [0.15, 0.2) is 0 Å². The summed E-state index contributed by atoms with van der Waals surface area (Å²) in [5.74, 6) is 0.498. The Morgan fingerprint density at radius 2 is 2.00 bits per heavy atom. The predicted molar refractivity (Wildman–Crippen MR) is 103 cm³/mol. The Balaban J connectivity index is 1.45. The van der Waals surface area contributed by atoms with Crippen LogP contribution in [0, 0.1) is 0 Å². The van der Waals surface area contributed by atoms with Crippen LogP contribution in [0.5, 0.6) is 0 Å². The lowest BCUT2D eigenvalue weighted by atomic mass is 9.92. The number of aromatic nitrogens is 2. The molecule has 6 heteroatoms. The lowest BCUT2D eigenvalue weighted by Crippen LogP contribution is -2.37. The van der Waals surface area contributed by atoms with Crippen molar-refractivity contribution in [2.75, 3.05) is 13.1 Å². The Labute approximate surface area is 155 Å². The summed E-state index contributed by atoms with van der Waals surface area (Å²) < 4.78 is 1.43. The minimum Gasteiger partial charge on any atom is -0.341 e. The zero-order valence-electron chi connectivity index (χ0n) is 14.5. The van der Waals surface area contributed by atoms with Crippen LogP contribution < -0.4 is 5.56 Å². The van der Waals surface area contributed by atoms with Gasteiger partial charge in [0.2, 0.25) is 5.91 Å². The largest absolute Gasteiger partial charge is 0.341 e. The highest BCUT2D eigenvalue weighted by Crippen LogP contribution is 2.27. The second-order valence-electron chi connectivity index (χ2n) is 6.74. The number of amides is 1. The first-order valence-corrected chi connectivity index (χ1v) is 9.86. The fourth-order valence-corrected chi connectivity index (χ4v) is 4.38. The van der Waals surface area contributed by atoms with Crippen LogP contribution in [0.1, 0.15) is 30.7 Å². The quantitative estimate of drug-likeness (QED) is 0.714. The van der Waals surface area contributed by atoms with Gasteiger partial charge in [-0.25, -0.2) is 4.98 Å². The van der Waals surface area contributed by atoms with Crippen LogP contribution in [0.3, 0.4) is 0 Å². The van der Waals surface area contributed by atoms with Gasteiger partial charge in [-0.1, -0.05) is 30.3 Å². The third-order valence-corrected chi connectivity index (χ3v) is 5.93. The lowest BCUT2D eigenvalue weighted by molar-refractivity contribution is -0.131. The number of rotatable bonds is 3. The number of likely N-dealkylation sites (tertiary alicyclic amines) is 1. The van der Waals surface area contributed by atoms with E-state index in [1.54, 1.807) is 6.07 Å². The van der Waals surface area contributed by atoms with Crippen molar-refractivity contribution in [1.29, 1.82) is 0 Å². The SMILES string of the molecule is O=C(Cn1cnc2sccc2c1=O)N1CCCC(c2ccccc2)CC1. The fourth-order valence-electron chi connectivity index (χ4n) is 3.66. The summed E-state index contributed by atoms with van der Waals surface area (Å²) in [7, 11) is 0. The van der Waals surface area contributed by atoms with Gasteiger partial charge in [-0.05, 0) is 42.2 Å². The highest BCUT2D eigenvalue weighted by Gasteiger charge is 2.22. The van der Waals surface area contributed by atoms with E-state index in [1.807, 2.05) is 16.3 Å². The highest BCUT2D eigenvalue weighted by atomic mass is 32.1. The molecular weight excluding hydrogens is 346 g/mol. The molecule has 0 N–H and O–H groups in total. The van der Waals surface area contributed by atoms with Crippen LogP contribution in [0.25, 0.3) is 10.2 Å². The summed E-state index contributed by atoms with van der Waals surface area (Å²) in [6, 6.07) is 12.3. The van der Waals surface area contributed by atoms with Crippen LogP contribution in [-0.2, 0) is 11.3 Å². The minimum absolute atomic E-state index is 0.00260. The van der Waals surface area contributed by atoms with Crippen molar-refractivity contribution in [3.63, 3.8) is 0 Å². The van der Waals surface area contributed by atoms with Gasteiger partial charge in [-0.15, -0.1) is 11.3 Å². The number of carbonyl (C=O) groups excluding carboxylic acids is 1. The van der Waals surface area contributed by atoms with Gasteiger partial charge in [0.05, 0.1) is 11.7 Å². The van der Waals surface area contributed by atoms with Crippen molar-refractivity contribution in [2.24, 2.45) is 0 Å². The van der Waals surface area contributed by atoms with Gasteiger partial charge >= 0.3 is 0 Å². The van der Waals surface area contributed by atoms with Gasteiger partial charge in [-0.2, -0.15) is 0 Å². The van der Waals surface area contributed by atoms with Crippen molar-refractivity contribution in [1.82, 2.24) is 14.5 Å². The monoisotopic (exact) mass is 367 g/mol. The zero-order chi connectivity index (χ0) is 17.9. The van der Waals surface area contributed by atoms with Crippen LogP contribution in [-0.4, -0.2) is 33.4 Å². The highest BCUT2D eigenvalue weighted by molar-refractivity contribution is 7.16. The average molecular weight is 367 g/mol. The molecular formula is C20H21N3O2S. The third-order valence-electron chi connectivity index (χ3n) is 5.11. The van der Waals surface area contributed by atoms with Gasteiger partial charge in [-0.3, -0.25) is 14.2 Å². The molecule has 0 radical (unpaired) electrons. The lowest BCUT2D eigenvalue weighted by Gasteiger charge is -2.21. The topological polar surface area (TPSA) is 55.2 Å². The van der Waals surface area contributed by atoms with Crippen LogP contribution in [0.4, 0.5) is 0 Å². The summed E-state index contributed by atoms with van der Waals surface area (Å²) >= 11 is 1.44. The van der Waals surface area contributed by atoms with Crippen LogP contribution >= 0.6 is 11.3 Å². The van der Waals surface area contributed by atoms with Crippen molar-refractivity contribution >= 4 is 27.5 Å². The van der Waals surface area contributed by atoms with Crippen LogP contribution in [0.15, 0.2) is 52.9 Å². The molecule has 3 heterocycles. The molecule has 0 spiro atoms. The average Bonchev–Trinajstić information content (AvgIpc) is 3.01. The molecule has 1 unspecified atom stereocenters. The van der Waals surface area contributed by atoms with E-state index in [0.717, 1.165) is 37.2 Å². The number of fused-ring (bicyclic) bond motifs is 1. The smallest absolute Gasteiger partial charge is 0.262 e. The van der Waals surface area contributed by atoms with E-state index in [0.29, 0.717) is 11.3 Å². The molecule has 26 heavy (non-hydrogen) atoms. The molecule has 5 nitrogen and oxygen atoms in total. The molecule has 1 amide bonds. The molecule has 0 saturated carbocycles. The van der Waals surface area contributed by atoms with Gasteiger partial charge in [0.1, 0.15) is 11.4 Å². The van der Waals surface area contributed by atoms with Gasteiger partial charge in [0, 0.05) is 13.1 Å². The van der Waals surface area contributed by atoms with Crippen molar-refractivity contribution in [3.8, 4) is 0 Å². The molecule has 0 aliphatic carbocycles. The second kappa shape index (κ2) is 7.41. The maximum Gasteiger partial charge on any atom is 0.262 e. The summed E-state index contributed by atoms with van der Waals surface area (Å²) in [5, 5.41) is 2.44. The normalized spacial score (nSPS) is 18.0. The molecule has 3 aromatic rings. The van der Waals surface area contributed by atoms with Crippen LogP contribution in [0.2, 0.25) is 0 Å². The van der Waals surface area contributed by atoms with Crippen molar-refractivity contribution in [3.05, 3.63) is 64.0 Å². The molecule has 1 aromatic carbocycles. The maximum absolute atomic E-state index is 12.7. The molecule has 1 aliphatic rings. The molecule has 1 aliphatic heterocycles. The summed E-state index contributed by atoms with van der Waals surface area (Å²) in [6.07, 6.45) is 4.54. The van der Waals surface area contributed by atoms with E-state index >= 15 is 0 Å². The molecule has 134 valence electrons. The molecule has 1 atom stereocenters. The van der Waals surface area contributed by atoms with Crippen molar-refractivity contribution < 1.29 is 4.79 Å². The standard InChI is InChI=1S/C20H21N3O2S/c24-18(13-23-14-21-19-17(20(23)25)9-12-26-19)22-10-4-7-16(8-11-22)15-5-2-1-3-6-15/h1-3,5-6,9,12,14,16H,4,7-8,10-11,13H2. The van der Waals surface area contributed by atoms with Crippen molar-refractivity contribution in [2.45, 2.75) is 31.7 Å². The maximum atomic E-state index is 12.7. The van der Waals surface area contributed by atoms with E-state index in [4.69, 9.17) is 0 Å². The van der Waals surface area contributed by atoms with E-state index in [2.05, 4.69) is 29.2 Å². The number of carbonyl (C=O) groups is 1. The first-order chi connectivity index (χ1) is 12.7. The van der Waals surface area contributed by atoms with E-state index in [1.165, 1.54) is 27.8 Å². The number of thiophene rings is 1. The molecule has 1 fully saturated rings. The molecule has 2 aromatic heterocycles. The Bertz CT molecular complexity index is 964. The predicted octanol–water partition coefficient (Wildman–Crippen LogP) is 3.25. The first kappa shape index (κ1) is 17.0. The Kier molecular flexibility index (Phi) is 4.84. The van der Waals surface area contributed by atoms with E-state index in [9.17, 15) is 9.59 Å². The third kappa shape index (κ3) is 3.42. The van der Waals surface area contributed by atoms with Gasteiger partial charge < -0.3 is 4.90 Å². The zero-order valence-corrected chi connectivity index (χ0v) is 15.3. The molecule has 1 saturated heterocycles. The summed E-state index contributed by atoms with van der Waals surface area (Å²) in [5.41, 5.74) is 1.21. The Hall–Kier alpha value is -2.47. The number of nitrogens with zero attached hydrogens (tertiary/aromatic N) is 3. The summed E-state index contributed by atoms with van der Waals surface area (Å²) in [4.78, 5) is 32.1. The number of hydrogen-bond acceptors (Lipinski definition) is 4. The minimum atomic E-state index is -0.137. The summed E-state index contributed by atoms with van der Waals surface area (Å²) in [6.45, 7) is 1.56. The second-order valence-corrected chi connectivity index (χ2v) is 7.63.